The van der Waals surface area contributed by atoms with Crippen molar-refractivity contribution in [1.82, 2.24) is 9.13 Å². The van der Waals surface area contributed by atoms with Crippen molar-refractivity contribution in [2.45, 2.75) is 32.4 Å². The molecular formula is C16H18N2O3. The maximum Gasteiger partial charge on any atom is 0.330 e. The predicted octanol–water partition coefficient (Wildman–Crippen LogP) is 1.60. The van der Waals surface area contributed by atoms with Gasteiger partial charge in [-0.1, -0.05) is 25.1 Å². The Morgan fingerprint density at radius 2 is 2.05 bits per heavy atom. The molecular weight excluding hydrogens is 268 g/mol. The minimum absolute atomic E-state index is 0.0454. The highest BCUT2D eigenvalue weighted by molar-refractivity contribution is 5.39. The van der Waals surface area contributed by atoms with Gasteiger partial charge in [-0.25, -0.2) is 4.79 Å². The van der Waals surface area contributed by atoms with Gasteiger partial charge in [-0.3, -0.25) is 9.36 Å². The molecule has 0 N–H and O–H groups in total. The van der Waals surface area contributed by atoms with E-state index in [1.165, 1.54) is 10.6 Å². The fourth-order valence-electron chi connectivity index (χ4n) is 2.74. The number of hydrogen-bond acceptors (Lipinski definition) is 3. The van der Waals surface area contributed by atoms with Gasteiger partial charge in [-0.2, -0.15) is 0 Å². The summed E-state index contributed by atoms with van der Waals surface area (Å²) in [4.78, 5) is 24.4. The van der Waals surface area contributed by atoms with Crippen LogP contribution in [0.1, 0.15) is 24.8 Å². The van der Waals surface area contributed by atoms with E-state index in [2.05, 4.69) is 0 Å². The standard InChI is InChI=1S/C16H18N2O3/c1-2-8-17-9-7-15(19)18(16(17)20)10-12-11-21-14-6-4-3-5-13(12)14/h3-7,9,12H,2,8,10-11H2,1H3. The van der Waals surface area contributed by atoms with E-state index in [-0.39, 0.29) is 17.2 Å². The topological polar surface area (TPSA) is 53.2 Å². The molecule has 2 heterocycles. The summed E-state index contributed by atoms with van der Waals surface area (Å²) in [6.07, 6.45) is 2.43. The number of aromatic nitrogens is 2. The van der Waals surface area contributed by atoms with Crippen molar-refractivity contribution >= 4 is 0 Å². The third-order valence-electron chi connectivity index (χ3n) is 3.81. The molecule has 1 atom stereocenters. The Bertz CT molecular complexity index is 761. The third-order valence-corrected chi connectivity index (χ3v) is 3.81. The summed E-state index contributed by atoms with van der Waals surface area (Å²) >= 11 is 0. The molecule has 21 heavy (non-hydrogen) atoms. The number of ether oxygens (including phenoxy) is 1. The zero-order chi connectivity index (χ0) is 14.8. The van der Waals surface area contributed by atoms with Gasteiger partial charge in [-0.15, -0.1) is 0 Å². The van der Waals surface area contributed by atoms with E-state index in [0.29, 0.717) is 19.7 Å². The predicted molar refractivity (Wildman–Crippen MR) is 79.9 cm³/mol. The molecule has 0 bridgehead atoms. The van der Waals surface area contributed by atoms with Crippen LogP contribution in [0, 0.1) is 0 Å². The van der Waals surface area contributed by atoms with Crippen molar-refractivity contribution in [3.63, 3.8) is 0 Å². The van der Waals surface area contributed by atoms with Crippen molar-refractivity contribution in [3.8, 4) is 5.75 Å². The van der Waals surface area contributed by atoms with Gasteiger partial charge in [0, 0.05) is 36.8 Å². The molecule has 0 saturated carbocycles. The van der Waals surface area contributed by atoms with Crippen LogP contribution in [0.3, 0.4) is 0 Å². The number of nitrogens with zero attached hydrogens (tertiary/aromatic N) is 2. The molecule has 1 aliphatic rings. The molecule has 0 spiro atoms. The van der Waals surface area contributed by atoms with Crippen molar-refractivity contribution in [2.75, 3.05) is 6.61 Å². The average molecular weight is 286 g/mol. The highest BCUT2D eigenvalue weighted by Crippen LogP contribution is 2.33. The number of fused-ring (bicyclic) bond motifs is 1. The van der Waals surface area contributed by atoms with Crippen LogP contribution in [-0.4, -0.2) is 15.7 Å². The Morgan fingerprint density at radius 1 is 1.24 bits per heavy atom. The lowest BCUT2D eigenvalue weighted by Crippen LogP contribution is -2.40. The van der Waals surface area contributed by atoms with Gasteiger partial charge in [-0.05, 0) is 12.5 Å². The van der Waals surface area contributed by atoms with Crippen LogP contribution in [0.25, 0.3) is 0 Å². The number of benzene rings is 1. The van der Waals surface area contributed by atoms with Crippen molar-refractivity contribution < 1.29 is 4.74 Å². The molecule has 0 aliphatic carbocycles. The summed E-state index contributed by atoms with van der Waals surface area (Å²) in [5.41, 5.74) is 0.570. The van der Waals surface area contributed by atoms with Gasteiger partial charge in [0.1, 0.15) is 5.75 Å². The minimum Gasteiger partial charge on any atom is -0.493 e. The van der Waals surface area contributed by atoms with Crippen molar-refractivity contribution in [3.05, 3.63) is 62.9 Å². The molecule has 0 fully saturated rings. The van der Waals surface area contributed by atoms with E-state index >= 15 is 0 Å². The summed E-state index contributed by atoms with van der Waals surface area (Å²) in [6, 6.07) is 9.23. The van der Waals surface area contributed by atoms with Gasteiger partial charge < -0.3 is 9.30 Å². The summed E-state index contributed by atoms with van der Waals surface area (Å²) in [7, 11) is 0. The Labute approximate surface area is 122 Å². The number of aryl methyl sites for hydroxylation is 1. The van der Waals surface area contributed by atoms with E-state index in [9.17, 15) is 9.59 Å². The summed E-state index contributed by atoms with van der Waals surface area (Å²) in [6.45, 7) is 3.49. The third kappa shape index (κ3) is 2.51. The van der Waals surface area contributed by atoms with Crippen LogP contribution in [-0.2, 0) is 13.1 Å². The van der Waals surface area contributed by atoms with Gasteiger partial charge in [0.2, 0.25) is 0 Å². The van der Waals surface area contributed by atoms with E-state index in [0.717, 1.165) is 17.7 Å². The van der Waals surface area contributed by atoms with E-state index in [1.54, 1.807) is 10.8 Å². The zero-order valence-corrected chi connectivity index (χ0v) is 12.0. The van der Waals surface area contributed by atoms with Gasteiger partial charge >= 0.3 is 5.69 Å². The molecule has 1 aliphatic heterocycles. The Balaban J connectivity index is 1.95. The second kappa shape index (κ2) is 5.60. The van der Waals surface area contributed by atoms with Gasteiger partial charge in [0.05, 0.1) is 6.61 Å². The quantitative estimate of drug-likeness (QED) is 0.858. The molecule has 5 heteroatoms. The lowest BCUT2D eigenvalue weighted by molar-refractivity contribution is 0.315. The SMILES string of the molecule is CCCn1ccc(=O)n(CC2COc3ccccc32)c1=O. The van der Waals surface area contributed by atoms with E-state index in [4.69, 9.17) is 4.74 Å². The highest BCUT2D eigenvalue weighted by atomic mass is 16.5. The molecule has 1 aromatic heterocycles. The summed E-state index contributed by atoms with van der Waals surface area (Å²) in [5, 5.41) is 0. The van der Waals surface area contributed by atoms with Crippen LogP contribution in [0.15, 0.2) is 46.1 Å². The van der Waals surface area contributed by atoms with Crippen LogP contribution >= 0.6 is 0 Å². The normalized spacial score (nSPS) is 16.5. The van der Waals surface area contributed by atoms with E-state index in [1.807, 2.05) is 31.2 Å². The Kier molecular flexibility index (Phi) is 3.64. The average Bonchev–Trinajstić information content (AvgIpc) is 2.90. The molecule has 2 aromatic rings. The van der Waals surface area contributed by atoms with Crippen molar-refractivity contribution in [1.29, 1.82) is 0 Å². The van der Waals surface area contributed by atoms with Gasteiger partial charge in [0.25, 0.3) is 5.56 Å². The first-order valence-corrected chi connectivity index (χ1v) is 7.22. The minimum atomic E-state index is -0.253. The first kappa shape index (κ1) is 13.7. The fourth-order valence-corrected chi connectivity index (χ4v) is 2.74. The fraction of sp³-hybridized carbons (Fsp3) is 0.375. The largest absolute Gasteiger partial charge is 0.493 e. The summed E-state index contributed by atoms with van der Waals surface area (Å²) < 4.78 is 8.51. The molecule has 0 saturated heterocycles. The van der Waals surface area contributed by atoms with Crippen LogP contribution < -0.4 is 16.0 Å². The molecule has 0 amide bonds. The second-order valence-corrected chi connectivity index (χ2v) is 5.29. The molecule has 1 aromatic carbocycles. The second-order valence-electron chi connectivity index (χ2n) is 5.29. The van der Waals surface area contributed by atoms with Crippen LogP contribution in [0.5, 0.6) is 5.75 Å². The van der Waals surface area contributed by atoms with Crippen LogP contribution in [0.4, 0.5) is 0 Å². The lowest BCUT2D eigenvalue weighted by atomic mass is 10.0. The van der Waals surface area contributed by atoms with Crippen LogP contribution in [0.2, 0.25) is 0 Å². The zero-order valence-electron chi connectivity index (χ0n) is 12.0. The smallest absolute Gasteiger partial charge is 0.330 e. The highest BCUT2D eigenvalue weighted by Gasteiger charge is 2.25. The molecule has 3 rings (SSSR count). The molecule has 1 unspecified atom stereocenters. The summed E-state index contributed by atoms with van der Waals surface area (Å²) in [5.74, 6) is 0.893. The number of rotatable bonds is 4. The number of hydrogen-bond donors (Lipinski definition) is 0. The maximum absolute atomic E-state index is 12.4. The molecule has 110 valence electrons. The van der Waals surface area contributed by atoms with Crippen molar-refractivity contribution in [2.24, 2.45) is 0 Å². The Hall–Kier alpha value is -2.30. The first-order chi connectivity index (χ1) is 10.2. The van der Waals surface area contributed by atoms with E-state index < -0.39 is 0 Å². The monoisotopic (exact) mass is 286 g/mol. The Morgan fingerprint density at radius 3 is 2.86 bits per heavy atom. The first-order valence-electron chi connectivity index (χ1n) is 7.22. The lowest BCUT2D eigenvalue weighted by Gasteiger charge is -2.12. The molecule has 0 radical (unpaired) electrons. The molecule has 5 nitrogen and oxygen atoms in total. The maximum atomic E-state index is 12.4. The van der Waals surface area contributed by atoms with Gasteiger partial charge in [0.15, 0.2) is 0 Å². The number of para-hydroxylation sites is 1.